The molecule has 0 atom stereocenters. The minimum atomic E-state index is 0.553. The van der Waals surface area contributed by atoms with Crippen molar-refractivity contribution in [2.75, 3.05) is 6.26 Å². The lowest BCUT2D eigenvalue weighted by Crippen LogP contribution is -1.97. The Morgan fingerprint density at radius 2 is 2.00 bits per heavy atom. The minimum Gasteiger partial charge on any atom is -0.487 e. The molecule has 6 heteroatoms. The molecule has 1 aromatic carbocycles. The minimum absolute atomic E-state index is 0.553. The first-order valence-electron chi connectivity index (χ1n) is 6.47. The van der Waals surface area contributed by atoms with E-state index in [-0.39, 0.29) is 0 Å². The first-order chi connectivity index (χ1) is 10.3. The standard InChI is InChI=1S/C15H15N3OS2/c1-18-14(16-17-15(18)20-2)13-12(8-9-21-13)19-10-11-6-4-3-5-7-11/h3-9H,10H2,1-2H3. The van der Waals surface area contributed by atoms with E-state index in [9.17, 15) is 0 Å². The largest absolute Gasteiger partial charge is 0.487 e. The zero-order chi connectivity index (χ0) is 14.7. The fourth-order valence-electron chi connectivity index (χ4n) is 2.00. The van der Waals surface area contributed by atoms with Crippen LogP contribution in [0.3, 0.4) is 0 Å². The van der Waals surface area contributed by atoms with E-state index in [1.165, 1.54) is 0 Å². The van der Waals surface area contributed by atoms with E-state index in [2.05, 4.69) is 22.3 Å². The molecule has 0 spiro atoms. The van der Waals surface area contributed by atoms with Crippen LogP contribution < -0.4 is 4.74 Å². The van der Waals surface area contributed by atoms with Crippen molar-refractivity contribution in [1.29, 1.82) is 0 Å². The number of benzene rings is 1. The number of hydrogen-bond donors (Lipinski definition) is 0. The zero-order valence-electron chi connectivity index (χ0n) is 11.8. The van der Waals surface area contributed by atoms with Crippen molar-refractivity contribution < 1.29 is 4.74 Å². The quantitative estimate of drug-likeness (QED) is 0.670. The average Bonchev–Trinajstić information content (AvgIpc) is 3.12. The molecule has 0 saturated heterocycles. The van der Waals surface area contributed by atoms with Gasteiger partial charge in [0.1, 0.15) is 17.2 Å². The van der Waals surface area contributed by atoms with Crippen LogP contribution in [-0.4, -0.2) is 21.0 Å². The molecular weight excluding hydrogens is 302 g/mol. The van der Waals surface area contributed by atoms with Crippen LogP contribution in [0.2, 0.25) is 0 Å². The van der Waals surface area contributed by atoms with Gasteiger partial charge in [0.15, 0.2) is 11.0 Å². The summed E-state index contributed by atoms with van der Waals surface area (Å²) in [7, 11) is 1.97. The lowest BCUT2D eigenvalue weighted by atomic mass is 10.2. The van der Waals surface area contributed by atoms with Gasteiger partial charge in [0.25, 0.3) is 0 Å². The summed E-state index contributed by atoms with van der Waals surface area (Å²) in [4.78, 5) is 1.02. The molecule has 3 rings (SSSR count). The number of ether oxygens (including phenoxy) is 1. The maximum atomic E-state index is 5.94. The molecule has 4 nitrogen and oxygen atoms in total. The van der Waals surface area contributed by atoms with Crippen molar-refractivity contribution in [3.8, 4) is 16.5 Å². The van der Waals surface area contributed by atoms with Crippen LogP contribution in [0.1, 0.15) is 5.56 Å². The smallest absolute Gasteiger partial charge is 0.190 e. The normalized spacial score (nSPS) is 10.8. The van der Waals surface area contributed by atoms with Gasteiger partial charge >= 0.3 is 0 Å². The van der Waals surface area contributed by atoms with Crippen molar-refractivity contribution in [2.24, 2.45) is 7.05 Å². The van der Waals surface area contributed by atoms with Crippen molar-refractivity contribution in [1.82, 2.24) is 14.8 Å². The molecule has 0 N–H and O–H groups in total. The molecule has 0 radical (unpaired) electrons. The highest BCUT2D eigenvalue weighted by atomic mass is 32.2. The van der Waals surface area contributed by atoms with Crippen LogP contribution in [0.25, 0.3) is 10.7 Å². The number of rotatable bonds is 5. The molecule has 108 valence electrons. The van der Waals surface area contributed by atoms with Crippen molar-refractivity contribution in [2.45, 2.75) is 11.8 Å². The Morgan fingerprint density at radius 3 is 2.71 bits per heavy atom. The van der Waals surface area contributed by atoms with Gasteiger partial charge in [0.05, 0.1) is 0 Å². The second-order valence-corrected chi connectivity index (χ2v) is 6.15. The number of aromatic nitrogens is 3. The molecule has 0 aliphatic heterocycles. The average molecular weight is 317 g/mol. The molecule has 0 amide bonds. The van der Waals surface area contributed by atoms with Crippen LogP contribution in [0.15, 0.2) is 46.9 Å². The molecule has 3 aromatic rings. The van der Waals surface area contributed by atoms with E-state index in [0.29, 0.717) is 6.61 Å². The van der Waals surface area contributed by atoms with Crippen molar-refractivity contribution >= 4 is 23.1 Å². The van der Waals surface area contributed by atoms with Gasteiger partial charge in [-0.1, -0.05) is 42.1 Å². The molecule has 0 bridgehead atoms. The van der Waals surface area contributed by atoms with E-state index in [4.69, 9.17) is 4.74 Å². The fourth-order valence-corrected chi connectivity index (χ4v) is 3.34. The summed E-state index contributed by atoms with van der Waals surface area (Å²) in [6.07, 6.45) is 2.00. The summed E-state index contributed by atoms with van der Waals surface area (Å²) in [5, 5.41) is 11.4. The third-order valence-corrected chi connectivity index (χ3v) is 4.70. The van der Waals surface area contributed by atoms with Crippen LogP contribution in [0.5, 0.6) is 5.75 Å². The highest BCUT2D eigenvalue weighted by Crippen LogP contribution is 2.35. The van der Waals surface area contributed by atoms with Gasteiger partial charge in [-0.05, 0) is 23.3 Å². The second kappa shape index (κ2) is 6.32. The van der Waals surface area contributed by atoms with E-state index in [0.717, 1.165) is 27.2 Å². The summed E-state index contributed by atoms with van der Waals surface area (Å²) < 4.78 is 7.93. The maximum absolute atomic E-state index is 5.94. The molecule has 0 saturated carbocycles. The van der Waals surface area contributed by atoms with Crippen LogP contribution in [0.4, 0.5) is 0 Å². The van der Waals surface area contributed by atoms with E-state index < -0.39 is 0 Å². The Kier molecular flexibility index (Phi) is 4.26. The third kappa shape index (κ3) is 2.96. The Morgan fingerprint density at radius 1 is 1.19 bits per heavy atom. The first-order valence-corrected chi connectivity index (χ1v) is 8.58. The van der Waals surface area contributed by atoms with Crippen molar-refractivity contribution in [3.63, 3.8) is 0 Å². The Bertz CT molecular complexity index is 722. The second-order valence-electron chi connectivity index (χ2n) is 4.46. The lowest BCUT2D eigenvalue weighted by molar-refractivity contribution is 0.308. The molecule has 0 unspecified atom stereocenters. The molecule has 21 heavy (non-hydrogen) atoms. The summed E-state index contributed by atoms with van der Waals surface area (Å²) in [5.74, 6) is 1.70. The summed E-state index contributed by atoms with van der Waals surface area (Å²) >= 11 is 3.20. The van der Waals surface area contributed by atoms with Gasteiger partial charge in [0, 0.05) is 7.05 Å². The van der Waals surface area contributed by atoms with Gasteiger partial charge in [-0.25, -0.2) is 0 Å². The van der Waals surface area contributed by atoms with Gasteiger partial charge in [0.2, 0.25) is 0 Å². The first kappa shape index (κ1) is 14.2. The fraction of sp³-hybridized carbons (Fsp3) is 0.200. The number of thiophene rings is 1. The SMILES string of the molecule is CSc1nnc(-c2sccc2OCc2ccccc2)n1C. The third-order valence-electron chi connectivity index (χ3n) is 3.09. The van der Waals surface area contributed by atoms with Gasteiger partial charge < -0.3 is 9.30 Å². The van der Waals surface area contributed by atoms with E-state index in [1.54, 1.807) is 23.1 Å². The predicted molar refractivity (Wildman–Crippen MR) is 86.9 cm³/mol. The highest BCUT2D eigenvalue weighted by molar-refractivity contribution is 7.98. The molecule has 0 aliphatic carbocycles. The van der Waals surface area contributed by atoms with Crippen LogP contribution in [0, 0.1) is 0 Å². The van der Waals surface area contributed by atoms with Gasteiger partial charge in [-0.2, -0.15) is 0 Å². The van der Waals surface area contributed by atoms with E-state index >= 15 is 0 Å². The van der Waals surface area contributed by atoms with Crippen LogP contribution in [-0.2, 0) is 13.7 Å². The summed E-state index contributed by atoms with van der Waals surface area (Å²) in [6.45, 7) is 0.553. The lowest BCUT2D eigenvalue weighted by Gasteiger charge is -2.07. The summed E-state index contributed by atoms with van der Waals surface area (Å²) in [6, 6.07) is 12.1. The number of nitrogens with zero attached hydrogens (tertiary/aromatic N) is 3. The molecule has 2 aromatic heterocycles. The topological polar surface area (TPSA) is 39.9 Å². The maximum Gasteiger partial charge on any atom is 0.190 e. The molecule has 0 fully saturated rings. The Hall–Kier alpha value is -1.79. The van der Waals surface area contributed by atoms with Crippen molar-refractivity contribution in [3.05, 3.63) is 47.3 Å². The highest BCUT2D eigenvalue weighted by Gasteiger charge is 2.16. The van der Waals surface area contributed by atoms with Gasteiger partial charge in [-0.15, -0.1) is 21.5 Å². The number of thioether (sulfide) groups is 1. The zero-order valence-corrected chi connectivity index (χ0v) is 13.4. The summed E-state index contributed by atoms with van der Waals surface area (Å²) in [5.41, 5.74) is 1.15. The molecular formula is C15H15N3OS2. The Balaban J connectivity index is 1.82. The van der Waals surface area contributed by atoms with Crippen LogP contribution >= 0.6 is 23.1 Å². The predicted octanol–water partition coefficient (Wildman–Crippen LogP) is 3.84. The molecule has 2 heterocycles. The molecule has 0 aliphatic rings. The number of hydrogen-bond acceptors (Lipinski definition) is 5. The van der Waals surface area contributed by atoms with E-state index in [1.807, 2.05) is 47.5 Å². The Labute approximate surface area is 131 Å². The monoisotopic (exact) mass is 317 g/mol. The van der Waals surface area contributed by atoms with Gasteiger partial charge in [-0.3, -0.25) is 0 Å².